The second-order valence-electron chi connectivity index (χ2n) is 7.61. The third-order valence-corrected chi connectivity index (χ3v) is 5.68. The summed E-state index contributed by atoms with van der Waals surface area (Å²) in [6.07, 6.45) is 5.36. The van der Waals surface area contributed by atoms with Crippen LogP contribution in [-0.2, 0) is 23.1 Å². The lowest BCUT2D eigenvalue weighted by atomic mass is 9.92. The number of piperidine rings is 1. The largest absolute Gasteiger partial charge is 0.382 e. The lowest BCUT2D eigenvalue weighted by Crippen LogP contribution is -2.46. The normalized spacial score (nSPS) is 21.6. The maximum absolute atomic E-state index is 12.9. The number of rotatable bonds is 5. The van der Waals surface area contributed by atoms with Crippen LogP contribution in [0.1, 0.15) is 35.4 Å². The van der Waals surface area contributed by atoms with Crippen LogP contribution >= 0.6 is 11.6 Å². The third kappa shape index (κ3) is 4.34. The molecule has 0 spiro atoms. The molecule has 0 saturated carbocycles. The van der Waals surface area contributed by atoms with Gasteiger partial charge in [0.05, 0.1) is 5.71 Å². The van der Waals surface area contributed by atoms with Crippen molar-refractivity contribution < 1.29 is 14.4 Å². The lowest BCUT2D eigenvalue weighted by molar-refractivity contribution is -0.143. The van der Waals surface area contributed by atoms with E-state index in [1.54, 1.807) is 28.9 Å². The van der Waals surface area contributed by atoms with Crippen molar-refractivity contribution in [2.45, 2.75) is 31.8 Å². The number of benzene rings is 1. The van der Waals surface area contributed by atoms with Gasteiger partial charge in [-0.3, -0.25) is 9.59 Å². The molecule has 0 bridgehead atoms. The summed E-state index contributed by atoms with van der Waals surface area (Å²) in [7, 11) is 1.80. The van der Waals surface area contributed by atoms with E-state index < -0.39 is 6.10 Å². The highest BCUT2D eigenvalue weighted by atomic mass is 35.5. The van der Waals surface area contributed by atoms with Gasteiger partial charge < -0.3 is 14.3 Å². The molecule has 0 aliphatic carbocycles. The third-order valence-electron chi connectivity index (χ3n) is 5.45. The van der Waals surface area contributed by atoms with Gasteiger partial charge in [0, 0.05) is 56.3 Å². The lowest BCUT2D eigenvalue weighted by Gasteiger charge is -2.32. The Kier molecular flexibility index (Phi) is 5.67. The van der Waals surface area contributed by atoms with Crippen LogP contribution < -0.4 is 0 Å². The Morgan fingerprint density at radius 3 is 2.97 bits per heavy atom. The number of halogens is 1. The fourth-order valence-corrected chi connectivity index (χ4v) is 4.14. The molecule has 0 radical (unpaired) electrons. The van der Waals surface area contributed by atoms with Crippen molar-refractivity contribution in [1.82, 2.24) is 14.5 Å². The van der Waals surface area contributed by atoms with E-state index in [1.165, 1.54) is 0 Å². The molecule has 1 fully saturated rings. The molecule has 2 aliphatic heterocycles. The Morgan fingerprint density at radius 2 is 2.21 bits per heavy atom. The van der Waals surface area contributed by atoms with Gasteiger partial charge in [0.25, 0.3) is 5.91 Å². The highest BCUT2D eigenvalue weighted by Crippen LogP contribution is 2.24. The number of oxime groups is 1. The standard InChI is InChI=1S/C21H23ClN4O3/c1-25-9-7-23-20(25)19(27)15-5-3-8-26(13-15)21(28)18-12-17(24-29-18)11-14-4-2-6-16(22)10-14/h2,4,6-7,9-10,15,18H,3,5,8,11-13H2,1H3. The smallest absolute Gasteiger partial charge is 0.266 e. The number of Topliss-reactive ketones (excluding diaryl/α,β-unsaturated/α-hetero) is 1. The predicted molar refractivity (Wildman–Crippen MR) is 109 cm³/mol. The summed E-state index contributed by atoms with van der Waals surface area (Å²) in [4.78, 5) is 37.0. The highest BCUT2D eigenvalue weighted by Gasteiger charge is 2.36. The maximum atomic E-state index is 12.9. The van der Waals surface area contributed by atoms with Crippen molar-refractivity contribution >= 4 is 29.0 Å². The Bertz CT molecular complexity index is 955. The van der Waals surface area contributed by atoms with Gasteiger partial charge >= 0.3 is 0 Å². The molecule has 4 rings (SSSR count). The first-order chi connectivity index (χ1) is 14.0. The van der Waals surface area contributed by atoms with Gasteiger partial charge in [-0.2, -0.15) is 0 Å². The molecule has 2 atom stereocenters. The minimum Gasteiger partial charge on any atom is -0.382 e. The molecule has 2 unspecified atom stereocenters. The van der Waals surface area contributed by atoms with E-state index in [2.05, 4.69) is 10.1 Å². The van der Waals surface area contributed by atoms with E-state index in [4.69, 9.17) is 16.4 Å². The van der Waals surface area contributed by atoms with Gasteiger partial charge in [0.1, 0.15) is 0 Å². The Balaban J connectivity index is 1.35. The zero-order chi connectivity index (χ0) is 20.4. The predicted octanol–water partition coefficient (Wildman–Crippen LogP) is 2.88. The molecule has 2 aliphatic rings. The van der Waals surface area contributed by atoms with Gasteiger partial charge in [0.15, 0.2) is 5.82 Å². The summed E-state index contributed by atoms with van der Waals surface area (Å²) in [5, 5.41) is 4.78. The molecule has 0 N–H and O–H groups in total. The van der Waals surface area contributed by atoms with E-state index >= 15 is 0 Å². The zero-order valence-corrected chi connectivity index (χ0v) is 17.0. The van der Waals surface area contributed by atoms with Gasteiger partial charge in [-0.05, 0) is 30.5 Å². The Labute approximate surface area is 174 Å². The summed E-state index contributed by atoms with van der Waals surface area (Å²) in [5.74, 6) is 0.0861. The molecule has 1 aromatic heterocycles. The molecule has 152 valence electrons. The van der Waals surface area contributed by atoms with Crippen LogP contribution in [-0.4, -0.2) is 51.0 Å². The molecule has 8 heteroatoms. The first-order valence-corrected chi connectivity index (χ1v) is 10.2. The summed E-state index contributed by atoms with van der Waals surface area (Å²) < 4.78 is 1.72. The second kappa shape index (κ2) is 8.37. The molecule has 7 nitrogen and oxygen atoms in total. The summed E-state index contributed by atoms with van der Waals surface area (Å²) in [5.41, 5.74) is 1.86. The average Bonchev–Trinajstić information content (AvgIpc) is 3.36. The SMILES string of the molecule is Cn1ccnc1C(=O)C1CCCN(C(=O)C2CC(Cc3cccc(Cl)c3)=NO2)C1. The molecule has 2 aromatic rings. The first kappa shape index (κ1) is 19.6. The van der Waals surface area contributed by atoms with E-state index in [0.29, 0.717) is 36.8 Å². The van der Waals surface area contributed by atoms with Crippen LogP contribution in [0.3, 0.4) is 0 Å². The number of imidazole rings is 1. The van der Waals surface area contributed by atoms with Crippen molar-refractivity contribution in [1.29, 1.82) is 0 Å². The monoisotopic (exact) mass is 414 g/mol. The van der Waals surface area contributed by atoms with Gasteiger partial charge in [-0.25, -0.2) is 4.98 Å². The van der Waals surface area contributed by atoms with Crippen molar-refractivity contribution in [3.05, 3.63) is 53.1 Å². The Hall–Kier alpha value is -2.67. The van der Waals surface area contributed by atoms with Gasteiger partial charge in [-0.1, -0.05) is 28.9 Å². The summed E-state index contributed by atoms with van der Waals surface area (Å²) in [6.45, 7) is 1.03. The Morgan fingerprint density at radius 1 is 1.34 bits per heavy atom. The molecule has 1 saturated heterocycles. The highest BCUT2D eigenvalue weighted by molar-refractivity contribution is 6.30. The van der Waals surface area contributed by atoms with E-state index in [-0.39, 0.29) is 17.6 Å². The van der Waals surface area contributed by atoms with E-state index in [0.717, 1.165) is 24.1 Å². The number of amides is 1. The van der Waals surface area contributed by atoms with Gasteiger partial charge in [-0.15, -0.1) is 0 Å². The topological polar surface area (TPSA) is 76.8 Å². The van der Waals surface area contributed by atoms with Crippen molar-refractivity contribution in [2.24, 2.45) is 18.1 Å². The second-order valence-corrected chi connectivity index (χ2v) is 8.05. The molecule has 3 heterocycles. The van der Waals surface area contributed by atoms with E-state index in [9.17, 15) is 9.59 Å². The number of nitrogens with zero attached hydrogens (tertiary/aromatic N) is 4. The number of carbonyl (C=O) groups is 2. The van der Waals surface area contributed by atoms with Crippen molar-refractivity contribution in [3.8, 4) is 0 Å². The fourth-order valence-electron chi connectivity index (χ4n) is 3.93. The molecule has 29 heavy (non-hydrogen) atoms. The molecular formula is C21H23ClN4O3. The number of ketones is 1. The van der Waals surface area contributed by atoms with Crippen LogP contribution in [0.25, 0.3) is 0 Å². The van der Waals surface area contributed by atoms with Gasteiger partial charge in [0.2, 0.25) is 11.9 Å². The number of hydrogen-bond donors (Lipinski definition) is 0. The minimum absolute atomic E-state index is 0.0137. The first-order valence-electron chi connectivity index (χ1n) is 9.77. The number of carbonyl (C=O) groups excluding carboxylic acids is 2. The number of hydrogen-bond acceptors (Lipinski definition) is 5. The molecular weight excluding hydrogens is 392 g/mol. The summed E-state index contributed by atoms with van der Waals surface area (Å²) >= 11 is 6.03. The minimum atomic E-state index is -0.619. The quantitative estimate of drug-likeness (QED) is 0.705. The van der Waals surface area contributed by atoms with Crippen molar-refractivity contribution in [3.63, 3.8) is 0 Å². The molecule has 1 amide bonds. The number of likely N-dealkylation sites (tertiary alicyclic amines) is 1. The van der Waals surface area contributed by atoms with Crippen LogP contribution in [0.4, 0.5) is 0 Å². The van der Waals surface area contributed by atoms with Crippen LogP contribution in [0.5, 0.6) is 0 Å². The number of aryl methyl sites for hydroxylation is 1. The van der Waals surface area contributed by atoms with Crippen LogP contribution in [0.2, 0.25) is 5.02 Å². The maximum Gasteiger partial charge on any atom is 0.266 e. The average molecular weight is 415 g/mol. The zero-order valence-electron chi connectivity index (χ0n) is 16.3. The fraction of sp³-hybridized carbons (Fsp3) is 0.429. The van der Waals surface area contributed by atoms with Crippen LogP contribution in [0, 0.1) is 5.92 Å². The van der Waals surface area contributed by atoms with Crippen LogP contribution in [0.15, 0.2) is 41.8 Å². The number of aromatic nitrogens is 2. The summed E-state index contributed by atoms with van der Waals surface area (Å²) in [6, 6.07) is 7.58. The molecule has 1 aromatic carbocycles. The van der Waals surface area contributed by atoms with E-state index in [1.807, 2.05) is 24.3 Å². The van der Waals surface area contributed by atoms with Crippen molar-refractivity contribution in [2.75, 3.05) is 13.1 Å².